The molecule has 0 radical (unpaired) electrons. The van der Waals surface area contributed by atoms with Crippen molar-refractivity contribution in [2.24, 2.45) is 0 Å². The number of fused-ring (bicyclic) bond motifs is 1. The predicted molar refractivity (Wildman–Crippen MR) is 95.5 cm³/mol. The molecule has 3 heterocycles. The van der Waals surface area contributed by atoms with Crippen LogP contribution in [0.25, 0.3) is 0 Å². The number of aromatic nitrogens is 2. The SMILES string of the molecule is C[C@H](c1ccccc1)N1C(=O)[C@@H]2CN(C(=O)c3cnccn3)CCN2C1=O. The van der Waals surface area contributed by atoms with Crippen molar-refractivity contribution in [2.45, 2.75) is 19.0 Å². The number of benzene rings is 1. The summed E-state index contributed by atoms with van der Waals surface area (Å²) in [7, 11) is 0. The van der Waals surface area contributed by atoms with Crippen molar-refractivity contribution < 1.29 is 14.4 Å². The van der Waals surface area contributed by atoms with Gasteiger partial charge in [-0.3, -0.25) is 19.5 Å². The lowest BCUT2D eigenvalue weighted by Crippen LogP contribution is -2.54. The van der Waals surface area contributed by atoms with E-state index in [1.807, 2.05) is 37.3 Å². The molecule has 2 fully saturated rings. The summed E-state index contributed by atoms with van der Waals surface area (Å²) in [5.74, 6) is -0.550. The molecule has 0 bridgehead atoms. The summed E-state index contributed by atoms with van der Waals surface area (Å²) in [5.41, 5.74) is 1.13. The minimum Gasteiger partial charge on any atom is -0.333 e. The topological polar surface area (TPSA) is 86.7 Å². The Morgan fingerprint density at radius 1 is 1.15 bits per heavy atom. The molecule has 4 amide bonds. The van der Waals surface area contributed by atoms with Crippen LogP contribution in [0.5, 0.6) is 0 Å². The highest BCUT2D eigenvalue weighted by Crippen LogP contribution is 2.30. The lowest BCUT2D eigenvalue weighted by molar-refractivity contribution is -0.130. The fourth-order valence-corrected chi connectivity index (χ4v) is 3.61. The van der Waals surface area contributed by atoms with Crippen molar-refractivity contribution in [1.29, 1.82) is 0 Å². The van der Waals surface area contributed by atoms with E-state index in [0.29, 0.717) is 13.1 Å². The molecule has 0 saturated carbocycles. The van der Waals surface area contributed by atoms with Crippen LogP contribution >= 0.6 is 0 Å². The van der Waals surface area contributed by atoms with E-state index in [1.54, 1.807) is 9.80 Å². The van der Waals surface area contributed by atoms with Gasteiger partial charge < -0.3 is 9.80 Å². The Balaban J connectivity index is 1.54. The van der Waals surface area contributed by atoms with E-state index in [0.717, 1.165) is 5.56 Å². The van der Waals surface area contributed by atoms with Crippen LogP contribution in [0.15, 0.2) is 48.9 Å². The van der Waals surface area contributed by atoms with Gasteiger partial charge in [0.25, 0.3) is 11.8 Å². The van der Waals surface area contributed by atoms with Crippen molar-refractivity contribution in [3.8, 4) is 0 Å². The molecule has 0 N–H and O–H groups in total. The molecule has 2 aliphatic rings. The van der Waals surface area contributed by atoms with Gasteiger partial charge in [-0.25, -0.2) is 9.78 Å². The van der Waals surface area contributed by atoms with Gasteiger partial charge in [-0.1, -0.05) is 30.3 Å². The van der Waals surface area contributed by atoms with Gasteiger partial charge in [0.1, 0.15) is 11.7 Å². The number of hydrogen-bond donors (Lipinski definition) is 0. The summed E-state index contributed by atoms with van der Waals surface area (Å²) >= 11 is 0. The molecule has 8 heteroatoms. The van der Waals surface area contributed by atoms with Gasteiger partial charge in [0, 0.05) is 25.5 Å². The lowest BCUT2D eigenvalue weighted by atomic mass is 10.1. The van der Waals surface area contributed by atoms with E-state index in [2.05, 4.69) is 9.97 Å². The molecule has 2 atom stereocenters. The fraction of sp³-hybridized carbons (Fsp3) is 0.316. The van der Waals surface area contributed by atoms with Crippen molar-refractivity contribution in [1.82, 2.24) is 24.7 Å². The summed E-state index contributed by atoms with van der Waals surface area (Å²) < 4.78 is 0. The third-order valence-electron chi connectivity index (χ3n) is 5.09. The highest BCUT2D eigenvalue weighted by atomic mass is 16.2. The third kappa shape index (κ3) is 2.92. The first kappa shape index (κ1) is 17.1. The van der Waals surface area contributed by atoms with Gasteiger partial charge in [-0.2, -0.15) is 0 Å². The van der Waals surface area contributed by atoms with Crippen molar-refractivity contribution in [3.05, 3.63) is 60.2 Å². The van der Waals surface area contributed by atoms with Gasteiger partial charge in [-0.15, -0.1) is 0 Å². The molecule has 1 aromatic carbocycles. The Labute approximate surface area is 156 Å². The Morgan fingerprint density at radius 3 is 2.63 bits per heavy atom. The van der Waals surface area contributed by atoms with Crippen molar-refractivity contribution >= 4 is 17.8 Å². The van der Waals surface area contributed by atoms with Crippen LogP contribution in [0.1, 0.15) is 29.0 Å². The van der Waals surface area contributed by atoms with E-state index in [9.17, 15) is 14.4 Å². The number of imide groups is 1. The van der Waals surface area contributed by atoms with E-state index in [4.69, 9.17) is 0 Å². The fourth-order valence-electron chi connectivity index (χ4n) is 3.61. The summed E-state index contributed by atoms with van der Waals surface area (Å²) in [5, 5.41) is 0. The molecule has 0 aliphatic carbocycles. The van der Waals surface area contributed by atoms with Crippen molar-refractivity contribution in [3.63, 3.8) is 0 Å². The standard InChI is InChI=1S/C19H19N5O3/c1-13(14-5-3-2-4-6-14)24-18(26)16-12-22(9-10-23(16)19(24)27)17(25)15-11-20-7-8-21-15/h2-8,11,13,16H,9-10,12H2,1H3/t13-,16+/m1/s1. The number of nitrogens with zero attached hydrogens (tertiary/aromatic N) is 5. The normalized spacial score (nSPS) is 20.6. The Hall–Kier alpha value is -3.29. The maximum Gasteiger partial charge on any atom is 0.328 e. The molecule has 138 valence electrons. The van der Waals surface area contributed by atoms with Crippen molar-refractivity contribution in [2.75, 3.05) is 19.6 Å². The van der Waals surface area contributed by atoms with E-state index in [-0.39, 0.29) is 36.1 Å². The number of rotatable bonds is 3. The van der Waals surface area contributed by atoms with Gasteiger partial charge in [-0.05, 0) is 12.5 Å². The van der Waals surface area contributed by atoms with E-state index in [1.165, 1.54) is 23.5 Å². The molecule has 1 aromatic heterocycles. The Morgan fingerprint density at radius 2 is 1.93 bits per heavy atom. The minimum atomic E-state index is -0.655. The van der Waals surface area contributed by atoms with E-state index >= 15 is 0 Å². The Bertz CT molecular complexity index is 873. The molecule has 4 rings (SSSR count). The monoisotopic (exact) mass is 365 g/mol. The molecular weight excluding hydrogens is 346 g/mol. The molecule has 2 saturated heterocycles. The summed E-state index contributed by atoms with van der Waals surface area (Å²) in [6.07, 6.45) is 4.36. The highest BCUT2D eigenvalue weighted by molar-refractivity contribution is 6.05. The molecular formula is C19H19N5O3. The largest absolute Gasteiger partial charge is 0.333 e. The first-order valence-corrected chi connectivity index (χ1v) is 8.82. The minimum absolute atomic E-state index is 0.165. The number of urea groups is 1. The zero-order valence-corrected chi connectivity index (χ0v) is 14.9. The molecule has 2 aliphatic heterocycles. The third-order valence-corrected chi connectivity index (χ3v) is 5.09. The second kappa shape index (κ2) is 6.79. The second-order valence-corrected chi connectivity index (χ2v) is 6.63. The molecule has 27 heavy (non-hydrogen) atoms. The highest BCUT2D eigenvalue weighted by Gasteiger charge is 2.50. The van der Waals surface area contributed by atoms with Crippen LogP contribution in [-0.2, 0) is 4.79 Å². The predicted octanol–water partition coefficient (Wildman–Crippen LogP) is 1.33. The van der Waals surface area contributed by atoms with Crippen LogP contribution in [0.3, 0.4) is 0 Å². The molecule has 0 unspecified atom stereocenters. The average Bonchev–Trinajstić information content (AvgIpc) is 2.98. The number of hydrogen-bond acceptors (Lipinski definition) is 5. The number of piperazine rings is 1. The maximum absolute atomic E-state index is 13.0. The maximum atomic E-state index is 13.0. The quantitative estimate of drug-likeness (QED) is 0.766. The summed E-state index contributed by atoms with van der Waals surface area (Å²) in [4.78, 5) is 50.8. The number of carbonyl (C=O) groups is 3. The van der Waals surface area contributed by atoms with Crippen LogP contribution in [0.2, 0.25) is 0 Å². The second-order valence-electron chi connectivity index (χ2n) is 6.63. The first-order chi connectivity index (χ1) is 13.1. The lowest BCUT2D eigenvalue weighted by Gasteiger charge is -2.35. The van der Waals surface area contributed by atoms with Gasteiger partial charge in [0.2, 0.25) is 0 Å². The van der Waals surface area contributed by atoms with Gasteiger partial charge >= 0.3 is 6.03 Å². The number of carbonyl (C=O) groups excluding carboxylic acids is 3. The Kier molecular flexibility index (Phi) is 4.31. The zero-order valence-electron chi connectivity index (χ0n) is 14.9. The van der Waals surface area contributed by atoms with Gasteiger partial charge in [0.15, 0.2) is 0 Å². The van der Waals surface area contributed by atoms with Crippen LogP contribution < -0.4 is 0 Å². The average molecular weight is 365 g/mol. The van der Waals surface area contributed by atoms with Crippen LogP contribution in [0.4, 0.5) is 4.79 Å². The van der Waals surface area contributed by atoms with Crippen LogP contribution in [-0.4, -0.2) is 68.2 Å². The summed E-state index contributed by atoms with van der Waals surface area (Å²) in [6, 6.07) is 8.13. The van der Waals surface area contributed by atoms with E-state index < -0.39 is 6.04 Å². The first-order valence-electron chi connectivity index (χ1n) is 8.82. The molecule has 2 aromatic rings. The zero-order chi connectivity index (χ0) is 19.0. The molecule has 8 nitrogen and oxygen atoms in total. The summed E-state index contributed by atoms with van der Waals surface area (Å²) in [6.45, 7) is 2.68. The number of amides is 4. The smallest absolute Gasteiger partial charge is 0.328 e. The molecule has 0 spiro atoms. The van der Waals surface area contributed by atoms with Crippen LogP contribution in [0, 0.1) is 0 Å². The van der Waals surface area contributed by atoms with Gasteiger partial charge in [0.05, 0.1) is 18.8 Å².